The van der Waals surface area contributed by atoms with E-state index >= 15 is 0 Å². The van der Waals surface area contributed by atoms with Gasteiger partial charge in [-0.3, -0.25) is 0 Å². The third-order valence-electron chi connectivity index (χ3n) is 2.93. The Morgan fingerprint density at radius 3 is 2.75 bits per heavy atom. The van der Waals surface area contributed by atoms with Gasteiger partial charge in [0.1, 0.15) is 0 Å². The Morgan fingerprint density at radius 1 is 1.38 bits per heavy atom. The summed E-state index contributed by atoms with van der Waals surface area (Å²) in [6.07, 6.45) is 2.34. The highest BCUT2D eigenvalue weighted by atomic mass is 15.1. The molecular weight excluding hydrogens is 196 g/mol. The zero-order valence-electron chi connectivity index (χ0n) is 10.7. The fraction of sp³-hybridized carbons (Fsp3) is 0.571. The summed E-state index contributed by atoms with van der Waals surface area (Å²) in [5.41, 5.74) is 8.15. The Bertz CT molecular complexity index is 309. The average molecular weight is 220 g/mol. The van der Waals surface area contributed by atoms with E-state index in [2.05, 4.69) is 50.1 Å². The van der Waals surface area contributed by atoms with Crippen molar-refractivity contribution in [3.63, 3.8) is 0 Å². The Labute approximate surface area is 99.5 Å². The first kappa shape index (κ1) is 13.0. The Balaban J connectivity index is 2.48. The van der Waals surface area contributed by atoms with Crippen LogP contribution in [0.4, 0.5) is 5.69 Å². The van der Waals surface area contributed by atoms with Crippen molar-refractivity contribution in [1.82, 2.24) is 0 Å². The smallest absolute Gasteiger partial charge is 0.0366 e. The van der Waals surface area contributed by atoms with Gasteiger partial charge in [0.25, 0.3) is 0 Å². The molecule has 0 saturated heterocycles. The molecule has 0 aliphatic heterocycles. The first-order valence-corrected chi connectivity index (χ1v) is 6.11. The summed E-state index contributed by atoms with van der Waals surface area (Å²) < 4.78 is 0. The van der Waals surface area contributed by atoms with Gasteiger partial charge in [-0.15, -0.1) is 0 Å². The van der Waals surface area contributed by atoms with Gasteiger partial charge in [-0.1, -0.05) is 19.1 Å². The third-order valence-corrected chi connectivity index (χ3v) is 2.93. The highest BCUT2D eigenvalue weighted by Crippen LogP contribution is 2.16. The maximum atomic E-state index is 5.52. The molecule has 16 heavy (non-hydrogen) atoms. The van der Waals surface area contributed by atoms with Crippen LogP contribution in [0.1, 0.15) is 25.3 Å². The maximum absolute atomic E-state index is 5.52. The minimum absolute atomic E-state index is 0.703. The van der Waals surface area contributed by atoms with E-state index in [0.717, 1.165) is 19.5 Å². The van der Waals surface area contributed by atoms with Gasteiger partial charge in [0, 0.05) is 19.3 Å². The molecule has 0 bridgehead atoms. The van der Waals surface area contributed by atoms with Crippen LogP contribution >= 0.6 is 0 Å². The average Bonchev–Trinajstić information content (AvgIpc) is 2.26. The van der Waals surface area contributed by atoms with E-state index in [9.17, 15) is 0 Å². The van der Waals surface area contributed by atoms with E-state index in [4.69, 9.17) is 5.73 Å². The quantitative estimate of drug-likeness (QED) is 0.798. The first-order valence-electron chi connectivity index (χ1n) is 6.11. The minimum Gasteiger partial charge on any atom is -0.374 e. The summed E-state index contributed by atoms with van der Waals surface area (Å²) in [5.74, 6) is 0.703. The van der Waals surface area contributed by atoms with Crippen LogP contribution in [0.3, 0.4) is 0 Å². The van der Waals surface area contributed by atoms with E-state index in [1.54, 1.807) is 0 Å². The summed E-state index contributed by atoms with van der Waals surface area (Å²) in [7, 11) is 2.16. The molecule has 1 rings (SSSR count). The molecule has 0 spiro atoms. The molecule has 2 heteroatoms. The minimum atomic E-state index is 0.703. The van der Waals surface area contributed by atoms with Crippen LogP contribution in [0.15, 0.2) is 24.3 Å². The molecular formula is C14H24N2. The third kappa shape index (κ3) is 4.23. The summed E-state index contributed by atoms with van der Waals surface area (Å²) in [6.45, 7) is 6.33. The summed E-state index contributed by atoms with van der Waals surface area (Å²) in [6, 6.07) is 8.65. The largest absolute Gasteiger partial charge is 0.374 e. The molecule has 0 radical (unpaired) electrons. The topological polar surface area (TPSA) is 29.3 Å². The van der Waals surface area contributed by atoms with E-state index in [0.29, 0.717) is 5.92 Å². The molecule has 0 heterocycles. The van der Waals surface area contributed by atoms with Gasteiger partial charge in [-0.2, -0.15) is 0 Å². The first-order chi connectivity index (χ1) is 7.63. The molecule has 0 aliphatic rings. The van der Waals surface area contributed by atoms with Gasteiger partial charge in [-0.05, 0) is 49.9 Å². The van der Waals surface area contributed by atoms with E-state index in [-0.39, 0.29) is 0 Å². The van der Waals surface area contributed by atoms with Crippen LogP contribution in [0, 0.1) is 12.8 Å². The second kappa shape index (κ2) is 6.54. The lowest BCUT2D eigenvalue weighted by atomic mass is 10.0. The van der Waals surface area contributed by atoms with Crippen molar-refractivity contribution < 1.29 is 0 Å². The predicted octanol–water partition coefficient (Wildman–Crippen LogP) is 2.81. The monoisotopic (exact) mass is 220 g/mol. The van der Waals surface area contributed by atoms with E-state index in [1.807, 2.05) is 0 Å². The number of aryl methyl sites for hydroxylation is 1. The molecule has 1 aromatic rings. The number of hydrogen-bond donors (Lipinski definition) is 1. The number of nitrogens with zero attached hydrogens (tertiary/aromatic N) is 1. The van der Waals surface area contributed by atoms with Crippen LogP contribution in [-0.2, 0) is 0 Å². The molecule has 2 N–H and O–H groups in total. The maximum Gasteiger partial charge on any atom is 0.0366 e. The van der Waals surface area contributed by atoms with Crippen LogP contribution in [0.5, 0.6) is 0 Å². The molecule has 2 nitrogen and oxygen atoms in total. The fourth-order valence-corrected chi connectivity index (χ4v) is 2.00. The molecule has 0 fully saturated rings. The molecule has 0 amide bonds. The molecule has 1 atom stereocenters. The van der Waals surface area contributed by atoms with Gasteiger partial charge in [0.05, 0.1) is 0 Å². The lowest BCUT2D eigenvalue weighted by molar-refractivity contribution is 0.514. The van der Waals surface area contributed by atoms with E-state index < -0.39 is 0 Å². The number of benzene rings is 1. The zero-order valence-corrected chi connectivity index (χ0v) is 10.7. The summed E-state index contributed by atoms with van der Waals surface area (Å²) in [5, 5.41) is 0. The second-order valence-electron chi connectivity index (χ2n) is 4.76. The number of anilines is 1. The molecule has 0 aromatic heterocycles. The zero-order chi connectivity index (χ0) is 12.0. The predicted molar refractivity (Wildman–Crippen MR) is 71.9 cm³/mol. The van der Waals surface area contributed by atoms with Crippen LogP contribution in [0.25, 0.3) is 0 Å². The molecule has 1 unspecified atom stereocenters. The SMILES string of the molecule is Cc1cccc(N(C)CC(C)CCCN)c1. The molecule has 90 valence electrons. The van der Waals surface area contributed by atoms with Gasteiger partial charge in [0.15, 0.2) is 0 Å². The van der Waals surface area contributed by atoms with Gasteiger partial charge in [0.2, 0.25) is 0 Å². The highest BCUT2D eigenvalue weighted by Gasteiger charge is 2.06. The number of rotatable bonds is 6. The summed E-state index contributed by atoms with van der Waals surface area (Å²) >= 11 is 0. The lowest BCUT2D eigenvalue weighted by Gasteiger charge is -2.23. The van der Waals surface area contributed by atoms with Crippen molar-refractivity contribution in [2.45, 2.75) is 26.7 Å². The second-order valence-corrected chi connectivity index (χ2v) is 4.76. The van der Waals surface area contributed by atoms with Crippen molar-refractivity contribution in [1.29, 1.82) is 0 Å². The van der Waals surface area contributed by atoms with Crippen molar-refractivity contribution in [2.75, 3.05) is 25.0 Å². The highest BCUT2D eigenvalue weighted by molar-refractivity contribution is 5.47. The van der Waals surface area contributed by atoms with Crippen LogP contribution in [0.2, 0.25) is 0 Å². The number of nitrogens with two attached hydrogens (primary N) is 1. The Hall–Kier alpha value is -1.02. The van der Waals surface area contributed by atoms with Gasteiger partial charge in [-0.25, -0.2) is 0 Å². The molecule has 0 aliphatic carbocycles. The van der Waals surface area contributed by atoms with Crippen molar-refractivity contribution >= 4 is 5.69 Å². The van der Waals surface area contributed by atoms with E-state index in [1.165, 1.54) is 17.7 Å². The van der Waals surface area contributed by atoms with Crippen molar-refractivity contribution in [3.8, 4) is 0 Å². The lowest BCUT2D eigenvalue weighted by Crippen LogP contribution is -2.24. The van der Waals surface area contributed by atoms with Crippen LogP contribution < -0.4 is 10.6 Å². The van der Waals surface area contributed by atoms with Crippen LogP contribution in [-0.4, -0.2) is 20.1 Å². The standard InChI is InChI=1S/C14H24N2/c1-12-6-4-8-14(10-12)16(3)11-13(2)7-5-9-15/h4,6,8,10,13H,5,7,9,11,15H2,1-3H3. The Morgan fingerprint density at radius 2 is 2.12 bits per heavy atom. The van der Waals surface area contributed by atoms with Gasteiger partial charge < -0.3 is 10.6 Å². The van der Waals surface area contributed by atoms with Crippen molar-refractivity contribution in [3.05, 3.63) is 29.8 Å². The normalized spacial score (nSPS) is 12.5. The molecule has 0 saturated carbocycles. The number of hydrogen-bond acceptors (Lipinski definition) is 2. The molecule has 1 aromatic carbocycles. The fourth-order valence-electron chi connectivity index (χ4n) is 2.00. The van der Waals surface area contributed by atoms with Gasteiger partial charge >= 0.3 is 0 Å². The summed E-state index contributed by atoms with van der Waals surface area (Å²) in [4.78, 5) is 2.33. The van der Waals surface area contributed by atoms with Crippen molar-refractivity contribution in [2.24, 2.45) is 11.7 Å². The Kier molecular flexibility index (Phi) is 5.33.